The zero-order chi connectivity index (χ0) is 10.7. The van der Waals surface area contributed by atoms with Crippen LogP contribution in [0.4, 0.5) is 0 Å². The average Bonchev–Trinajstić information content (AvgIpc) is 2.16. The molecule has 1 saturated heterocycles. The summed E-state index contributed by atoms with van der Waals surface area (Å²) in [5.41, 5.74) is 0. The van der Waals surface area contributed by atoms with Crippen LogP contribution in [-0.2, 0) is 0 Å². The Morgan fingerprint density at radius 2 is 1.93 bits per heavy atom. The fraction of sp³-hybridized carbons (Fsp3) is 0.778. The van der Waals surface area contributed by atoms with Gasteiger partial charge in [0.2, 0.25) is 0 Å². The van der Waals surface area contributed by atoms with Crippen molar-refractivity contribution in [1.29, 1.82) is 0 Å². The molecule has 4 N–H and O–H groups in total. The van der Waals surface area contributed by atoms with Gasteiger partial charge >= 0.3 is 0 Å². The Hall–Kier alpha value is -0.640. The van der Waals surface area contributed by atoms with Gasteiger partial charge in [0.15, 0.2) is 0 Å². The quantitative estimate of drug-likeness (QED) is 0.368. The van der Waals surface area contributed by atoms with E-state index >= 15 is 0 Å². The Bertz CT molecular complexity index is 227. The smallest absolute Gasteiger partial charge is 0.109 e. The molecule has 0 bridgehead atoms. The third-order valence-corrected chi connectivity index (χ3v) is 2.51. The van der Waals surface area contributed by atoms with Crippen molar-refractivity contribution in [2.24, 2.45) is 0 Å². The zero-order valence-electron chi connectivity index (χ0n) is 7.74. The largest absolute Gasteiger partial charge is 0.395 e. The van der Waals surface area contributed by atoms with Gasteiger partial charge < -0.3 is 20.4 Å². The molecule has 0 radical (unpaired) electrons. The SMILES string of the molecule is C#CCN1C[C@H](O)[C@@H](O)[C@H](O)[C@H]1CO. The van der Waals surface area contributed by atoms with Crippen LogP contribution in [0.2, 0.25) is 0 Å². The predicted molar refractivity (Wildman–Crippen MR) is 49.3 cm³/mol. The molecule has 0 aromatic rings. The highest BCUT2D eigenvalue weighted by atomic mass is 16.4. The molecule has 1 aliphatic rings. The van der Waals surface area contributed by atoms with Gasteiger partial charge in [0, 0.05) is 6.54 Å². The molecule has 4 atom stereocenters. The minimum atomic E-state index is -1.22. The first-order valence-corrected chi connectivity index (χ1v) is 4.44. The van der Waals surface area contributed by atoms with Crippen LogP contribution < -0.4 is 0 Å². The van der Waals surface area contributed by atoms with Gasteiger partial charge in [0.1, 0.15) is 12.2 Å². The molecule has 14 heavy (non-hydrogen) atoms. The van der Waals surface area contributed by atoms with Gasteiger partial charge in [0.25, 0.3) is 0 Å². The molecular formula is C9H15NO4. The fourth-order valence-electron chi connectivity index (χ4n) is 1.68. The molecule has 0 aromatic heterocycles. The van der Waals surface area contributed by atoms with E-state index in [9.17, 15) is 15.3 Å². The standard InChI is InChI=1S/C9H15NO4/c1-2-3-10-4-7(12)9(14)8(13)6(10)5-11/h1,6-9,11-14H,3-5H2/t6-,7+,8-,9-/m1/s1. The number of nitrogens with zero attached hydrogens (tertiary/aromatic N) is 1. The summed E-state index contributed by atoms with van der Waals surface area (Å²) in [6, 6.07) is -0.607. The molecule has 0 amide bonds. The van der Waals surface area contributed by atoms with E-state index in [4.69, 9.17) is 11.5 Å². The van der Waals surface area contributed by atoms with Crippen LogP contribution in [0.25, 0.3) is 0 Å². The third kappa shape index (κ3) is 2.05. The van der Waals surface area contributed by atoms with Gasteiger partial charge in [-0.3, -0.25) is 4.90 Å². The van der Waals surface area contributed by atoms with E-state index in [1.807, 2.05) is 0 Å². The Labute approximate surface area is 82.6 Å². The number of hydrogen-bond acceptors (Lipinski definition) is 5. The van der Waals surface area contributed by atoms with Gasteiger partial charge in [0.05, 0.1) is 25.3 Å². The van der Waals surface area contributed by atoms with Crippen LogP contribution in [0.3, 0.4) is 0 Å². The molecule has 1 fully saturated rings. The number of rotatable bonds is 2. The maximum absolute atomic E-state index is 9.52. The summed E-state index contributed by atoms with van der Waals surface area (Å²) in [5.74, 6) is 2.37. The molecule has 0 saturated carbocycles. The van der Waals surface area contributed by atoms with E-state index in [2.05, 4.69) is 5.92 Å². The molecule has 80 valence electrons. The van der Waals surface area contributed by atoms with E-state index in [-0.39, 0.29) is 19.7 Å². The van der Waals surface area contributed by atoms with Crippen molar-refractivity contribution >= 4 is 0 Å². The number of piperidine rings is 1. The maximum Gasteiger partial charge on any atom is 0.109 e. The van der Waals surface area contributed by atoms with Crippen LogP contribution in [0.1, 0.15) is 0 Å². The minimum absolute atomic E-state index is 0.160. The molecule has 1 rings (SSSR count). The first-order chi connectivity index (χ1) is 6.61. The molecule has 0 unspecified atom stereocenters. The molecule has 0 aliphatic carbocycles. The summed E-state index contributed by atoms with van der Waals surface area (Å²) in [4.78, 5) is 1.57. The number of hydrogen-bond donors (Lipinski definition) is 4. The number of β-amino-alcohol motifs (C(OH)–C–C–N with tert-alkyl or cyclic N) is 1. The maximum atomic E-state index is 9.52. The Morgan fingerprint density at radius 3 is 2.43 bits per heavy atom. The fourth-order valence-corrected chi connectivity index (χ4v) is 1.68. The van der Waals surface area contributed by atoms with E-state index in [0.717, 1.165) is 0 Å². The highest BCUT2D eigenvalue weighted by Gasteiger charge is 2.40. The van der Waals surface area contributed by atoms with Crippen LogP contribution in [0, 0.1) is 12.3 Å². The lowest BCUT2D eigenvalue weighted by atomic mass is 9.94. The predicted octanol–water partition coefficient (Wildman–Crippen LogP) is -2.62. The summed E-state index contributed by atoms with van der Waals surface area (Å²) < 4.78 is 0. The molecule has 1 heterocycles. The first-order valence-electron chi connectivity index (χ1n) is 4.44. The van der Waals surface area contributed by atoms with Crippen LogP contribution >= 0.6 is 0 Å². The lowest BCUT2D eigenvalue weighted by Crippen LogP contribution is -2.62. The van der Waals surface area contributed by atoms with Crippen molar-refractivity contribution < 1.29 is 20.4 Å². The number of terminal acetylenes is 1. The Balaban J connectivity index is 2.72. The van der Waals surface area contributed by atoms with Crippen LogP contribution in [-0.4, -0.2) is 69.4 Å². The van der Waals surface area contributed by atoms with Gasteiger partial charge in [-0.15, -0.1) is 6.42 Å². The highest BCUT2D eigenvalue weighted by Crippen LogP contribution is 2.18. The van der Waals surface area contributed by atoms with Crippen molar-refractivity contribution in [3.8, 4) is 12.3 Å². The Kier molecular flexibility index (Phi) is 3.86. The molecule has 0 spiro atoms. The summed E-state index contributed by atoms with van der Waals surface area (Å²) >= 11 is 0. The second-order valence-electron chi connectivity index (χ2n) is 3.43. The monoisotopic (exact) mass is 201 g/mol. The second-order valence-corrected chi connectivity index (χ2v) is 3.43. The average molecular weight is 201 g/mol. The lowest BCUT2D eigenvalue weighted by Gasteiger charge is -2.42. The summed E-state index contributed by atoms with van der Waals surface area (Å²) in [5, 5.41) is 37.2. The normalized spacial score (nSPS) is 39.4. The summed E-state index contributed by atoms with van der Waals surface area (Å²) in [6.45, 7) is 0.0896. The van der Waals surface area contributed by atoms with Crippen molar-refractivity contribution in [2.75, 3.05) is 19.7 Å². The van der Waals surface area contributed by atoms with Crippen molar-refractivity contribution in [1.82, 2.24) is 4.90 Å². The van der Waals surface area contributed by atoms with Crippen LogP contribution in [0.15, 0.2) is 0 Å². The second kappa shape index (κ2) is 4.73. The van der Waals surface area contributed by atoms with Crippen molar-refractivity contribution in [3.05, 3.63) is 0 Å². The van der Waals surface area contributed by atoms with Gasteiger partial charge in [-0.05, 0) is 0 Å². The molecule has 5 heteroatoms. The van der Waals surface area contributed by atoms with Gasteiger partial charge in [-0.25, -0.2) is 0 Å². The van der Waals surface area contributed by atoms with Crippen molar-refractivity contribution in [3.63, 3.8) is 0 Å². The highest BCUT2D eigenvalue weighted by molar-refractivity contribution is 4.99. The number of likely N-dealkylation sites (tertiary alicyclic amines) is 1. The van der Waals surface area contributed by atoms with Crippen molar-refractivity contribution in [2.45, 2.75) is 24.4 Å². The zero-order valence-corrected chi connectivity index (χ0v) is 7.74. The Morgan fingerprint density at radius 1 is 1.29 bits per heavy atom. The van der Waals surface area contributed by atoms with E-state index in [0.29, 0.717) is 0 Å². The molecular weight excluding hydrogens is 186 g/mol. The van der Waals surface area contributed by atoms with E-state index < -0.39 is 24.4 Å². The first kappa shape index (κ1) is 11.4. The van der Waals surface area contributed by atoms with Gasteiger partial charge in [-0.2, -0.15) is 0 Å². The topological polar surface area (TPSA) is 84.2 Å². The molecule has 5 nitrogen and oxygen atoms in total. The third-order valence-electron chi connectivity index (χ3n) is 2.51. The number of aliphatic hydroxyl groups is 4. The van der Waals surface area contributed by atoms with E-state index in [1.54, 1.807) is 4.90 Å². The van der Waals surface area contributed by atoms with Gasteiger partial charge in [-0.1, -0.05) is 5.92 Å². The number of aliphatic hydroxyl groups excluding tert-OH is 4. The summed E-state index contributed by atoms with van der Waals surface area (Å²) in [7, 11) is 0. The minimum Gasteiger partial charge on any atom is -0.395 e. The summed E-state index contributed by atoms with van der Waals surface area (Å²) in [6.07, 6.45) is 1.69. The molecule has 0 aromatic carbocycles. The molecule has 1 aliphatic heterocycles. The van der Waals surface area contributed by atoms with Crippen LogP contribution in [0.5, 0.6) is 0 Å². The lowest BCUT2D eigenvalue weighted by molar-refractivity contribution is -0.142. The van der Waals surface area contributed by atoms with E-state index in [1.165, 1.54) is 0 Å².